The molecule has 0 aliphatic rings. The lowest BCUT2D eigenvalue weighted by atomic mass is 10.1. The van der Waals surface area contributed by atoms with E-state index in [4.69, 9.17) is 0 Å². The zero-order valence-electron chi connectivity index (χ0n) is 12.0. The molecule has 2 amide bonds. The number of nitrogens with one attached hydrogen (secondary N) is 3. The maximum atomic E-state index is 11.4. The van der Waals surface area contributed by atoms with Crippen LogP contribution in [-0.4, -0.2) is 37.5 Å². The predicted octanol–water partition coefficient (Wildman–Crippen LogP) is 0.653. The summed E-state index contributed by atoms with van der Waals surface area (Å²) in [7, 11) is 0. The van der Waals surface area contributed by atoms with Crippen LogP contribution in [0.3, 0.4) is 0 Å². The number of carbonyl (C=O) groups is 2. The highest BCUT2D eigenvalue weighted by molar-refractivity contribution is 5.84. The van der Waals surface area contributed by atoms with Crippen LogP contribution in [0, 0.1) is 5.92 Å². The fourth-order valence-electron chi connectivity index (χ4n) is 1.44. The van der Waals surface area contributed by atoms with Crippen molar-refractivity contribution in [3.63, 3.8) is 0 Å². The van der Waals surface area contributed by atoms with Gasteiger partial charge in [0.05, 0.1) is 6.54 Å². The first-order valence-corrected chi connectivity index (χ1v) is 6.72. The second-order valence-corrected chi connectivity index (χ2v) is 4.97. The van der Waals surface area contributed by atoms with Crippen molar-refractivity contribution < 1.29 is 9.59 Å². The molecule has 0 saturated heterocycles. The number of hydrogen-bond acceptors (Lipinski definition) is 3. The van der Waals surface area contributed by atoms with Crippen LogP contribution >= 0.6 is 0 Å². The van der Waals surface area contributed by atoms with Crippen LogP contribution < -0.4 is 16.0 Å². The van der Waals surface area contributed by atoms with Gasteiger partial charge >= 0.3 is 0 Å². The van der Waals surface area contributed by atoms with Gasteiger partial charge in [-0.3, -0.25) is 9.59 Å². The summed E-state index contributed by atoms with van der Waals surface area (Å²) in [4.78, 5) is 22.8. The summed E-state index contributed by atoms with van der Waals surface area (Å²) in [6, 6.07) is 0.246. The van der Waals surface area contributed by atoms with Gasteiger partial charge in [-0.25, -0.2) is 0 Å². The molecule has 0 unspecified atom stereocenters. The molecule has 0 aromatic carbocycles. The summed E-state index contributed by atoms with van der Waals surface area (Å²) in [5.41, 5.74) is 0. The highest BCUT2D eigenvalue weighted by Gasteiger charge is 2.07. The Labute approximate surface area is 110 Å². The van der Waals surface area contributed by atoms with Gasteiger partial charge in [0, 0.05) is 19.0 Å². The van der Waals surface area contributed by atoms with Gasteiger partial charge in [0.15, 0.2) is 0 Å². The molecule has 106 valence electrons. The summed E-state index contributed by atoms with van der Waals surface area (Å²) in [5, 5.41) is 8.59. The third-order valence-electron chi connectivity index (χ3n) is 2.55. The molecule has 18 heavy (non-hydrogen) atoms. The summed E-state index contributed by atoms with van der Waals surface area (Å²) in [6.45, 7) is 9.69. The van der Waals surface area contributed by atoms with Crippen LogP contribution in [0.4, 0.5) is 0 Å². The average Bonchev–Trinajstić information content (AvgIpc) is 2.31. The van der Waals surface area contributed by atoms with Gasteiger partial charge in [0.25, 0.3) is 0 Å². The number of amides is 2. The Hall–Kier alpha value is -1.10. The van der Waals surface area contributed by atoms with Gasteiger partial charge < -0.3 is 16.0 Å². The molecular weight excluding hydrogens is 230 g/mol. The van der Waals surface area contributed by atoms with Gasteiger partial charge in [-0.15, -0.1) is 0 Å². The fraction of sp³-hybridized carbons (Fsp3) is 0.846. The summed E-state index contributed by atoms with van der Waals surface area (Å²) < 4.78 is 0. The van der Waals surface area contributed by atoms with Gasteiger partial charge in [0.1, 0.15) is 0 Å². The van der Waals surface area contributed by atoms with Crippen molar-refractivity contribution in [2.75, 3.05) is 19.6 Å². The van der Waals surface area contributed by atoms with Crippen molar-refractivity contribution in [1.29, 1.82) is 0 Å². The molecule has 0 radical (unpaired) electrons. The van der Waals surface area contributed by atoms with E-state index in [2.05, 4.69) is 29.8 Å². The quantitative estimate of drug-likeness (QED) is 0.568. The molecule has 0 aliphatic carbocycles. The van der Waals surface area contributed by atoms with Gasteiger partial charge in [0.2, 0.25) is 11.8 Å². The van der Waals surface area contributed by atoms with Crippen molar-refractivity contribution in [2.45, 2.75) is 46.6 Å². The molecular formula is C13H27N3O2. The summed E-state index contributed by atoms with van der Waals surface area (Å²) in [5.74, 6) is 0.307. The average molecular weight is 257 g/mol. The highest BCUT2D eigenvalue weighted by Crippen LogP contribution is 2.02. The van der Waals surface area contributed by atoms with Crippen LogP contribution in [0.5, 0.6) is 0 Å². The fourth-order valence-corrected chi connectivity index (χ4v) is 1.44. The molecule has 0 heterocycles. The Balaban J connectivity index is 3.60. The van der Waals surface area contributed by atoms with Crippen LogP contribution in [0.25, 0.3) is 0 Å². The Kier molecular flexibility index (Phi) is 9.28. The second-order valence-electron chi connectivity index (χ2n) is 4.97. The van der Waals surface area contributed by atoms with E-state index in [9.17, 15) is 9.59 Å². The van der Waals surface area contributed by atoms with Crippen molar-refractivity contribution in [3.8, 4) is 0 Å². The van der Waals surface area contributed by atoms with Crippen LogP contribution in [0.15, 0.2) is 0 Å². The lowest BCUT2D eigenvalue weighted by Gasteiger charge is -2.13. The Morgan fingerprint density at radius 2 is 1.72 bits per heavy atom. The Morgan fingerprint density at radius 3 is 2.28 bits per heavy atom. The molecule has 0 spiro atoms. The number of hydrogen-bond donors (Lipinski definition) is 3. The predicted molar refractivity (Wildman–Crippen MR) is 73.2 cm³/mol. The Bertz CT molecular complexity index is 255. The highest BCUT2D eigenvalue weighted by atomic mass is 16.2. The number of likely N-dealkylation sites (N-methyl/N-ethyl adjacent to an activating group) is 1. The molecule has 0 saturated carbocycles. The van der Waals surface area contributed by atoms with E-state index in [0.29, 0.717) is 18.9 Å². The van der Waals surface area contributed by atoms with E-state index in [0.717, 1.165) is 13.0 Å². The summed E-state index contributed by atoms with van der Waals surface area (Å²) in [6.07, 6.45) is 1.34. The van der Waals surface area contributed by atoms with E-state index in [1.807, 2.05) is 13.8 Å². The SMILES string of the molecule is CCN[C@H](C)CNC(=O)CNC(=O)CCC(C)C. The molecule has 1 atom stereocenters. The van der Waals surface area contributed by atoms with Crippen LogP contribution in [0.1, 0.15) is 40.5 Å². The largest absolute Gasteiger partial charge is 0.353 e. The molecule has 0 fully saturated rings. The van der Waals surface area contributed by atoms with Crippen molar-refractivity contribution in [1.82, 2.24) is 16.0 Å². The minimum Gasteiger partial charge on any atom is -0.353 e. The van der Waals surface area contributed by atoms with E-state index in [1.165, 1.54) is 0 Å². The second kappa shape index (κ2) is 9.88. The van der Waals surface area contributed by atoms with Gasteiger partial charge in [-0.2, -0.15) is 0 Å². The first-order chi connectivity index (χ1) is 8.45. The number of rotatable bonds is 9. The van der Waals surface area contributed by atoms with E-state index >= 15 is 0 Å². The smallest absolute Gasteiger partial charge is 0.239 e. The first kappa shape index (κ1) is 16.9. The molecule has 3 N–H and O–H groups in total. The molecule has 0 rings (SSSR count). The minimum absolute atomic E-state index is 0.0569. The molecule has 0 aromatic rings. The van der Waals surface area contributed by atoms with Crippen LogP contribution in [0.2, 0.25) is 0 Å². The molecule has 5 heteroatoms. The van der Waals surface area contributed by atoms with Crippen molar-refractivity contribution >= 4 is 11.8 Å². The van der Waals surface area contributed by atoms with Gasteiger partial charge in [-0.1, -0.05) is 20.8 Å². The molecule has 0 bridgehead atoms. The Morgan fingerprint density at radius 1 is 1.06 bits per heavy atom. The zero-order valence-corrected chi connectivity index (χ0v) is 12.0. The van der Waals surface area contributed by atoms with E-state index in [-0.39, 0.29) is 24.4 Å². The first-order valence-electron chi connectivity index (χ1n) is 6.72. The minimum atomic E-state index is -0.141. The standard InChI is InChI=1S/C13H27N3O2/c1-5-14-11(4)8-15-13(18)9-16-12(17)7-6-10(2)3/h10-11,14H,5-9H2,1-4H3,(H,15,18)(H,16,17)/t11-/m1/s1. The van der Waals surface area contributed by atoms with E-state index in [1.54, 1.807) is 0 Å². The maximum absolute atomic E-state index is 11.4. The van der Waals surface area contributed by atoms with Crippen molar-refractivity contribution in [2.24, 2.45) is 5.92 Å². The van der Waals surface area contributed by atoms with Crippen molar-refractivity contribution in [3.05, 3.63) is 0 Å². The lowest BCUT2D eigenvalue weighted by molar-refractivity contribution is -0.126. The monoisotopic (exact) mass is 257 g/mol. The maximum Gasteiger partial charge on any atom is 0.239 e. The van der Waals surface area contributed by atoms with Gasteiger partial charge in [-0.05, 0) is 25.8 Å². The lowest BCUT2D eigenvalue weighted by Crippen LogP contribution is -2.43. The van der Waals surface area contributed by atoms with E-state index < -0.39 is 0 Å². The third kappa shape index (κ3) is 10.1. The zero-order chi connectivity index (χ0) is 14.0. The molecule has 0 aromatic heterocycles. The van der Waals surface area contributed by atoms with Crippen LogP contribution in [-0.2, 0) is 9.59 Å². The normalized spacial score (nSPS) is 12.3. The summed E-state index contributed by atoms with van der Waals surface area (Å²) >= 11 is 0. The topological polar surface area (TPSA) is 70.2 Å². The third-order valence-corrected chi connectivity index (χ3v) is 2.55. The number of carbonyl (C=O) groups excluding carboxylic acids is 2. The molecule has 0 aliphatic heterocycles. The molecule has 5 nitrogen and oxygen atoms in total.